The smallest absolute Gasteiger partial charge is 0.194 e. The summed E-state index contributed by atoms with van der Waals surface area (Å²) in [5.41, 5.74) is 9.34. The molecule has 4 aromatic rings. The second-order valence-corrected chi connectivity index (χ2v) is 6.96. The van der Waals surface area contributed by atoms with Crippen LogP contribution in [0.25, 0.3) is 33.2 Å². The first-order valence-corrected chi connectivity index (χ1v) is 9.16. The third kappa shape index (κ3) is 2.56. The molecule has 0 saturated carbocycles. The van der Waals surface area contributed by atoms with Gasteiger partial charge in [0.1, 0.15) is 0 Å². The topological polar surface area (TPSA) is 41.8 Å². The predicted octanol–water partition coefficient (Wildman–Crippen LogP) is 4.41. The summed E-state index contributed by atoms with van der Waals surface area (Å²) in [7, 11) is 1.84. The van der Waals surface area contributed by atoms with Gasteiger partial charge in [-0.05, 0) is 5.56 Å². The minimum Gasteiger partial charge on any atom is -0.290 e. The van der Waals surface area contributed by atoms with Crippen LogP contribution in [0.15, 0.2) is 72.4 Å². The van der Waals surface area contributed by atoms with E-state index in [2.05, 4.69) is 70.0 Å². The lowest BCUT2D eigenvalue weighted by Gasteiger charge is -2.04. The third-order valence-electron chi connectivity index (χ3n) is 4.38. The summed E-state index contributed by atoms with van der Waals surface area (Å²) < 4.78 is 2.16. The number of hydroxylamine groups is 3. The van der Waals surface area contributed by atoms with Crippen LogP contribution in [0.3, 0.4) is 0 Å². The highest BCUT2D eigenvalue weighted by Gasteiger charge is 2.13. The van der Waals surface area contributed by atoms with Gasteiger partial charge in [-0.2, -0.15) is 4.94 Å². The minimum atomic E-state index is 0.941. The minimum absolute atomic E-state index is 0.941. The zero-order valence-electron chi connectivity index (χ0n) is 14.1. The molecule has 26 heavy (non-hydrogen) atoms. The second kappa shape index (κ2) is 6.01. The van der Waals surface area contributed by atoms with Crippen molar-refractivity contribution in [1.29, 1.82) is 0 Å². The van der Waals surface area contributed by atoms with Crippen LogP contribution in [0, 0.1) is 0 Å². The lowest BCUT2D eigenvalue weighted by molar-refractivity contribution is -0.121. The standard InChI is InChI=1S/C20H16N4OS/c1-23-11-18(22-25-23)15-9-7-14(8-10-15)17-12-24-19(13-26-20(24)21-17)16-5-3-2-4-6-16/h2-13,22H,1H3. The highest BCUT2D eigenvalue weighted by atomic mass is 32.1. The van der Waals surface area contributed by atoms with Crippen molar-refractivity contribution < 1.29 is 4.94 Å². The number of hydrogen-bond acceptors (Lipinski definition) is 5. The molecule has 0 radical (unpaired) electrons. The summed E-state index contributed by atoms with van der Waals surface area (Å²) in [6, 6.07) is 18.7. The molecule has 128 valence electrons. The average Bonchev–Trinajstić information content (AvgIpc) is 3.38. The van der Waals surface area contributed by atoms with Gasteiger partial charge in [0.2, 0.25) is 0 Å². The molecule has 0 saturated heterocycles. The number of rotatable bonds is 3. The Hall–Kier alpha value is -3.09. The van der Waals surface area contributed by atoms with Crippen molar-refractivity contribution in [2.24, 2.45) is 0 Å². The monoisotopic (exact) mass is 360 g/mol. The number of thiazole rings is 1. The van der Waals surface area contributed by atoms with Crippen LogP contribution in [0.4, 0.5) is 0 Å². The number of fused-ring (bicyclic) bond motifs is 1. The van der Waals surface area contributed by atoms with Gasteiger partial charge in [0, 0.05) is 29.8 Å². The maximum atomic E-state index is 5.20. The molecule has 0 aliphatic carbocycles. The fourth-order valence-corrected chi connectivity index (χ4v) is 3.93. The molecule has 1 aliphatic heterocycles. The van der Waals surface area contributed by atoms with Crippen molar-refractivity contribution in [3.63, 3.8) is 0 Å². The first kappa shape index (κ1) is 15.2. The maximum absolute atomic E-state index is 5.20. The van der Waals surface area contributed by atoms with Gasteiger partial charge in [0.15, 0.2) is 4.96 Å². The van der Waals surface area contributed by atoms with E-state index in [0.717, 1.165) is 27.5 Å². The highest BCUT2D eigenvalue weighted by molar-refractivity contribution is 7.15. The Morgan fingerprint density at radius 1 is 0.962 bits per heavy atom. The van der Waals surface area contributed by atoms with E-state index in [-0.39, 0.29) is 0 Å². The molecular formula is C20H16N4OS. The van der Waals surface area contributed by atoms with E-state index >= 15 is 0 Å². The molecule has 0 fully saturated rings. The summed E-state index contributed by atoms with van der Waals surface area (Å²) in [6.45, 7) is 0. The van der Waals surface area contributed by atoms with Crippen LogP contribution in [0.2, 0.25) is 0 Å². The Kier molecular flexibility index (Phi) is 3.51. The Bertz CT molecular complexity index is 1100. The van der Waals surface area contributed by atoms with Crippen LogP contribution in [0.5, 0.6) is 0 Å². The SMILES string of the molecule is CN1C=C(c2ccc(-c3cn4c(-c5ccccc5)csc4n3)cc2)NO1. The van der Waals surface area contributed by atoms with Gasteiger partial charge in [-0.25, -0.2) is 15.5 Å². The van der Waals surface area contributed by atoms with Gasteiger partial charge in [0.05, 0.1) is 23.3 Å². The molecule has 2 aromatic carbocycles. The van der Waals surface area contributed by atoms with Gasteiger partial charge in [-0.15, -0.1) is 11.3 Å². The largest absolute Gasteiger partial charge is 0.290 e. The zero-order chi connectivity index (χ0) is 17.5. The van der Waals surface area contributed by atoms with E-state index in [1.54, 1.807) is 16.4 Å². The van der Waals surface area contributed by atoms with E-state index in [1.165, 1.54) is 11.3 Å². The highest BCUT2D eigenvalue weighted by Crippen LogP contribution is 2.29. The van der Waals surface area contributed by atoms with Crippen LogP contribution in [-0.4, -0.2) is 21.5 Å². The molecular weight excluding hydrogens is 344 g/mol. The van der Waals surface area contributed by atoms with Crippen molar-refractivity contribution in [3.05, 3.63) is 77.9 Å². The number of hydrogen-bond donors (Lipinski definition) is 1. The number of imidazole rings is 1. The average molecular weight is 360 g/mol. The Balaban J connectivity index is 1.50. The summed E-state index contributed by atoms with van der Waals surface area (Å²) in [5, 5.41) is 3.79. The predicted molar refractivity (Wildman–Crippen MR) is 104 cm³/mol. The molecule has 3 heterocycles. The molecule has 0 atom stereocenters. The molecule has 1 aliphatic rings. The first-order chi connectivity index (χ1) is 12.8. The summed E-state index contributed by atoms with van der Waals surface area (Å²) in [5.74, 6) is 0. The van der Waals surface area contributed by atoms with Crippen molar-refractivity contribution in [3.8, 4) is 22.5 Å². The van der Waals surface area contributed by atoms with Crippen LogP contribution in [0.1, 0.15) is 5.56 Å². The number of nitrogens with zero attached hydrogens (tertiary/aromatic N) is 3. The maximum Gasteiger partial charge on any atom is 0.194 e. The summed E-state index contributed by atoms with van der Waals surface area (Å²) >= 11 is 1.66. The Morgan fingerprint density at radius 2 is 1.73 bits per heavy atom. The molecule has 1 N–H and O–H groups in total. The molecule has 2 aromatic heterocycles. The number of benzene rings is 2. The Morgan fingerprint density at radius 3 is 2.46 bits per heavy atom. The molecule has 5 rings (SSSR count). The quantitative estimate of drug-likeness (QED) is 0.588. The van der Waals surface area contributed by atoms with Gasteiger partial charge < -0.3 is 0 Å². The summed E-state index contributed by atoms with van der Waals surface area (Å²) in [4.78, 5) is 11.0. The van der Waals surface area contributed by atoms with Crippen molar-refractivity contribution in [2.45, 2.75) is 0 Å². The molecule has 0 amide bonds. The van der Waals surface area contributed by atoms with Gasteiger partial charge in [-0.1, -0.05) is 54.6 Å². The lowest BCUT2D eigenvalue weighted by Crippen LogP contribution is -2.12. The fourth-order valence-electron chi connectivity index (χ4n) is 3.05. The van der Waals surface area contributed by atoms with E-state index in [4.69, 9.17) is 9.92 Å². The Labute approximate surface area is 154 Å². The zero-order valence-corrected chi connectivity index (χ0v) is 14.9. The number of aromatic nitrogens is 2. The fraction of sp³-hybridized carbons (Fsp3) is 0.0500. The van der Waals surface area contributed by atoms with Crippen LogP contribution in [-0.2, 0) is 4.94 Å². The molecule has 5 nitrogen and oxygen atoms in total. The first-order valence-electron chi connectivity index (χ1n) is 8.28. The molecule has 6 heteroatoms. The van der Waals surface area contributed by atoms with Crippen LogP contribution < -0.4 is 5.48 Å². The second-order valence-electron chi connectivity index (χ2n) is 6.13. The van der Waals surface area contributed by atoms with E-state index < -0.39 is 0 Å². The third-order valence-corrected chi connectivity index (χ3v) is 5.22. The van der Waals surface area contributed by atoms with E-state index in [1.807, 2.05) is 19.3 Å². The van der Waals surface area contributed by atoms with Crippen molar-refractivity contribution >= 4 is 22.0 Å². The molecule has 0 unspecified atom stereocenters. The van der Waals surface area contributed by atoms with Gasteiger partial charge in [-0.3, -0.25) is 4.40 Å². The van der Waals surface area contributed by atoms with Crippen molar-refractivity contribution in [2.75, 3.05) is 7.05 Å². The van der Waals surface area contributed by atoms with E-state index in [0.29, 0.717) is 0 Å². The number of nitrogens with one attached hydrogen (secondary N) is 1. The molecule has 0 bridgehead atoms. The summed E-state index contributed by atoms with van der Waals surface area (Å²) in [6.07, 6.45) is 4.01. The lowest BCUT2D eigenvalue weighted by atomic mass is 10.1. The van der Waals surface area contributed by atoms with E-state index in [9.17, 15) is 0 Å². The normalized spacial score (nSPS) is 13.9. The van der Waals surface area contributed by atoms with Gasteiger partial charge in [0.25, 0.3) is 0 Å². The van der Waals surface area contributed by atoms with Crippen molar-refractivity contribution in [1.82, 2.24) is 19.9 Å². The van der Waals surface area contributed by atoms with Crippen LogP contribution >= 0.6 is 11.3 Å². The van der Waals surface area contributed by atoms with Gasteiger partial charge >= 0.3 is 0 Å². The molecule has 0 spiro atoms.